The Kier molecular flexibility index (Phi) is 5.26. The second-order valence-corrected chi connectivity index (χ2v) is 7.11. The highest BCUT2D eigenvalue weighted by Gasteiger charge is 2.18. The van der Waals surface area contributed by atoms with Gasteiger partial charge in [-0.15, -0.1) is 0 Å². The fourth-order valence-corrected chi connectivity index (χ4v) is 3.13. The number of phenolic OH excluding ortho intramolecular Hbond substituents is 1. The first-order valence-corrected chi connectivity index (χ1v) is 9.03. The maximum absolute atomic E-state index is 12.7. The lowest BCUT2D eigenvalue weighted by atomic mass is 10.0. The number of hydrazone groups is 1. The van der Waals surface area contributed by atoms with Gasteiger partial charge in [-0.1, -0.05) is 50.2 Å². The van der Waals surface area contributed by atoms with Gasteiger partial charge in [0.15, 0.2) is 0 Å². The van der Waals surface area contributed by atoms with Gasteiger partial charge in [0.25, 0.3) is 5.91 Å². The number of hydrogen-bond acceptors (Lipinski definition) is 3. The lowest BCUT2D eigenvalue weighted by Crippen LogP contribution is -2.17. The maximum Gasteiger partial charge on any atom is 0.272 e. The molecule has 0 unspecified atom stereocenters. The number of benzene rings is 1. The molecule has 27 heavy (non-hydrogen) atoms. The van der Waals surface area contributed by atoms with E-state index in [4.69, 9.17) is 0 Å². The van der Waals surface area contributed by atoms with E-state index in [0.29, 0.717) is 17.0 Å². The van der Waals surface area contributed by atoms with Crippen molar-refractivity contribution in [3.8, 4) is 16.9 Å². The van der Waals surface area contributed by atoms with Gasteiger partial charge in [0.05, 0.1) is 6.21 Å². The molecule has 2 N–H and O–H groups in total. The Labute approximate surface area is 159 Å². The van der Waals surface area contributed by atoms with E-state index in [0.717, 1.165) is 22.3 Å². The van der Waals surface area contributed by atoms with Gasteiger partial charge in [-0.2, -0.15) is 5.10 Å². The molecule has 0 heterocycles. The number of aromatic hydroxyl groups is 1. The molecular weight excluding hydrogens is 336 g/mol. The van der Waals surface area contributed by atoms with E-state index >= 15 is 0 Å². The molecule has 0 bridgehead atoms. The van der Waals surface area contributed by atoms with E-state index < -0.39 is 0 Å². The van der Waals surface area contributed by atoms with Gasteiger partial charge in [0, 0.05) is 11.1 Å². The minimum Gasteiger partial charge on any atom is -0.507 e. The van der Waals surface area contributed by atoms with E-state index in [9.17, 15) is 9.90 Å². The molecular formula is C23H24N2O2. The number of aryl methyl sites for hydroxylation is 2. The van der Waals surface area contributed by atoms with Crippen LogP contribution in [-0.2, 0) is 0 Å². The molecule has 0 radical (unpaired) electrons. The number of para-hydroxylation sites is 1. The van der Waals surface area contributed by atoms with Crippen molar-refractivity contribution >= 4 is 12.1 Å². The van der Waals surface area contributed by atoms with Crippen molar-refractivity contribution in [3.63, 3.8) is 0 Å². The lowest BCUT2D eigenvalue weighted by Gasteiger charge is -2.05. The van der Waals surface area contributed by atoms with Crippen LogP contribution in [0.15, 0.2) is 53.6 Å². The van der Waals surface area contributed by atoms with Crippen molar-refractivity contribution in [2.75, 3.05) is 0 Å². The van der Waals surface area contributed by atoms with Crippen LogP contribution < -0.4 is 5.43 Å². The number of carbonyl (C=O) groups excluding carboxylic acids is 1. The smallest absolute Gasteiger partial charge is 0.272 e. The summed E-state index contributed by atoms with van der Waals surface area (Å²) in [4.78, 5) is 12.7. The summed E-state index contributed by atoms with van der Waals surface area (Å²) in [7, 11) is 0. The Balaban J connectivity index is 1.89. The highest BCUT2D eigenvalue weighted by molar-refractivity contribution is 6.03. The fourth-order valence-electron chi connectivity index (χ4n) is 3.13. The number of nitrogens with one attached hydrogen (secondary N) is 1. The van der Waals surface area contributed by atoms with Crippen LogP contribution >= 0.6 is 0 Å². The summed E-state index contributed by atoms with van der Waals surface area (Å²) in [5.74, 6) is 0.269. The SMILES string of the molecule is Cc1cc(C(=O)N/N=C/c2cccc(C)c2O)c2cc(C(C)C)cccc1-2. The third-order valence-corrected chi connectivity index (χ3v) is 4.78. The van der Waals surface area contributed by atoms with E-state index in [1.54, 1.807) is 6.07 Å². The molecule has 3 rings (SSSR count). The largest absolute Gasteiger partial charge is 0.507 e. The first-order valence-electron chi connectivity index (χ1n) is 9.03. The zero-order valence-electron chi connectivity index (χ0n) is 16.1. The molecule has 138 valence electrons. The van der Waals surface area contributed by atoms with Gasteiger partial charge < -0.3 is 5.11 Å². The Bertz CT molecular complexity index is 990. The number of carbonyl (C=O) groups is 1. The third-order valence-electron chi connectivity index (χ3n) is 4.78. The zero-order chi connectivity index (χ0) is 19.6. The molecule has 2 aliphatic rings. The number of phenols is 1. The number of amides is 1. The first-order chi connectivity index (χ1) is 12.9. The van der Waals surface area contributed by atoms with Crippen molar-refractivity contribution < 1.29 is 9.90 Å². The van der Waals surface area contributed by atoms with Gasteiger partial charge >= 0.3 is 0 Å². The Morgan fingerprint density at radius 3 is 2.52 bits per heavy atom. The average molecular weight is 360 g/mol. The van der Waals surface area contributed by atoms with E-state index in [1.807, 2.05) is 44.2 Å². The molecule has 0 saturated heterocycles. The summed E-state index contributed by atoms with van der Waals surface area (Å²) < 4.78 is 0. The Morgan fingerprint density at radius 2 is 1.78 bits per heavy atom. The van der Waals surface area contributed by atoms with E-state index in [1.165, 1.54) is 11.8 Å². The quantitative estimate of drug-likeness (QED) is 0.508. The molecule has 1 amide bonds. The van der Waals surface area contributed by atoms with Crippen molar-refractivity contribution in [1.82, 2.24) is 5.43 Å². The van der Waals surface area contributed by atoms with Crippen LogP contribution in [0, 0.1) is 13.8 Å². The minimum absolute atomic E-state index is 0.165. The summed E-state index contributed by atoms with van der Waals surface area (Å²) in [6, 6.07) is 15.5. The van der Waals surface area contributed by atoms with Gasteiger partial charge in [-0.3, -0.25) is 4.79 Å². The fraction of sp³-hybridized carbons (Fsp3) is 0.217. The Morgan fingerprint density at radius 1 is 1.04 bits per heavy atom. The second-order valence-electron chi connectivity index (χ2n) is 7.11. The molecule has 0 spiro atoms. The number of fused-ring (bicyclic) bond motifs is 1. The highest BCUT2D eigenvalue weighted by Crippen LogP contribution is 2.33. The lowest BCUT2D eigenvalue weighted by molar-refractivity contribution is 0.0956. The molecule has 0 aromatic heterocycles. The normalized spacial score (nSPS) is 11.4. The molecule has 0 saturated carbocycles. The van der Waals surface area contributed by atoms with E-state index in [2.05, 4.69) is 36.5 Å². The van der Waals surface area contributed by atoms with Crippen LogP contribution in [0.1, 0.15) is 52.4 Å². The summed E-state index contributed by atoms with van der Waals surface area (Å²) in [5, 5.41) is 14.1. The van der Waals surface area contributed by atoms with Crippen molar-refractivity contribution in [2.24, 2.45) is 5.10 Å². The summed E-state index contributed by atoms with van der Waals surface area (Å²) in [5.41, 5.74) is 8.73. The molecule has 4 nitrogen and oxygen atoms in total. The van der Waals surface area contributed by atoms with Gasteiger partial charge in [-0.05, 0) is 59.7 Å². The zero-order valence-corrected chi connectivity index (χ0v) is 16.1. The molecule has 4 heteroatoms. The third kappa shape index (κ3) is 3.85. The molecule has 1 aromatic carbocycles. The molecule has 0 aliphatic heterocycles. The van der Waals surface area contributed by atoms with Gasteiger partial charge in [0.2, 0.25) is 0 Å². The first kappa shape index (κ1) is 18.6. The van der Waals surface area contributed by atoms with Crippen LogP contribution in [0.3, 0.4) is 0 Å². The van der Waals surface area contributed by atoms with Crippen molar-refractivity contribution in [3.05, 3.63) is 76.3 Å². The van der Waals surface area contributed by atoms with Gasteiger partial charge in [-0.25, -0.2) is 5.43 Å². The number of rotatable bonds is 4. The average Bonchev–Trinajstić information content (AvgIpc) is 2.81. The summed E-state index contributed by atoms with van der Waals surface area (Å²) in [6.45, 7) is 8.09. The molecule has 0 fully saturated rings. The molecule has 2 aliphatic carbocycles. The Hall–Kier alpha value is -3.14. The maximum atomic E-state index is 12.7. The van der Waals surface area contributed by atoms with Crippen LogP contribution in [0.4, 0.5) is 0 Å². The van der Waals surface area contributed by atoms with Crippen LogP contribution in [0.25, 0.3) is 11.1 Å². The van der Waals surface area contributed by atoms with Crippen LogP contribution in [0.2, 0.25) is 0 Å². The monoisotopic (exact) mass is 360 g/mol. The van der Waals surface area contributed by atoms with Gasteiger partial charge in [0.1, 0.15) is 5.75 Å². The predicted molar refractivity (Wildman–Crippen MR) is 110 cm³/mol. The highest BCUT2D eigenvalue weighted by atomic mass is 16.3. The topological polar surface area (TPSA) is 61.7 Å². The standard InChI is InChI=1S/C23H24N2O2/c1-14(2)17-8-6-10-19-16(4)11-21(20(19)12-17)23(27)25-24-13-18-9-5-7-15(3)22(18)26/h5-14,26H,1-4H3,(H,25,27)/b24-13+. The molecule has 1 aromatic rings. The van der Waals surface area contributed by atoms with Crippen molar-refractivity contribution in [1.29, 1.82) is 0 Å². The predicted octanol–water partition coefficient (Wildman–Crippen LogP) is 5.00. The van der Waals surface area contributed by atoms with E-state index in [-0.39, 0.29) is 11.7 Å². The van der Waals surface area contributed by atoms with Crippen LogP contribution in [-0.4, -0.2) is 17.2 Å². The minimum atomic E-state index is -0.266. The molecule has 0 atom stereocenters. The summed E-state index contributed by atoms with van der Waals surface area (Å²) in [6.07, 6.45) is 1.46. The van der Waals surface area contributed by atoms with Crippen molar-refractivity contribution in [2.45, 2.75) is 33.6 Å². The summed E-state index contributed by atoms with van der Waals surface area (Å²) >= 11 is 0. The number of hydrogen-bond donors (Lipinski definition) is 2. The van der Waals surface area contributed by atoms with Crippen LogP contribution in [0.5, 0.6) is 5.75 Å². The number of nitrogens with zero attached hydrogens (tertiary/aromatic N) is 1. The second kappa shape index (κ2) is 7.62.